The molecule has 1 unspecified atom stereocenters. The lowest BCUT2D eigenvalue weighted by molar-refractivity contribution is -0.139. The Hall–Kier alpha value is -1.26. The number of nitrogens with zero attached hydrogens (tertiary/aromatic N) is 1. The number of likely N-dealkylation sites (tertiary alicyclic amines) is 1. The summed E-state index contributed by atoms with van der Waals surface area (Å²) in [4.78, 5) is 24.8. The minimum Gasteiger partial charge on any atom is -0.480 e. The van der Waals surface area contributed by atoms with Crippen molar-refractivity contribution < 1.29 is 14.7 Å². The summed E-state index contributed by atoms with van der Waals surface area (Å²) in [5, 5.41) is 11.7. The normalized spacial score (nSPS) is 19.8. The molecule has 1 fully saturated rings. The van der Waals surface area contributed by atoms with Crippen LogP contribution in [0.3, 0.4) is 0 Å². The van der Waals surface area contributed by atoms with E-state index >= 15 is 0 Å². The van der Waals surface area contributed by atoms with Gasteiger partial charge in [-0.25, -0.2) is 9.59 Å². The van der Waals surface area contributed by atoms with Gasteiger partial charge in [-0.3, -0.25) is 0 Å². The summed E-state index contributed by atoms with van der Waals surface area (Å²) in [6, 6.07) is -1.00. The molecular weight excluding hydrogens is 244 g/mol. The topological polar surface area (TPSA) is 69.6 Å². The first-order valence-electron chi connectivity index (χ1n) is 7.20. The largest absolute Gasteiger partial charge is 0.480 e. The molecule has 0 aromatic rings. The van der Waals surface area contributed by atoms with E-state index in [0.29, 0.717) is 24.9 Å². The van der Waals surface area contributed by atoms with Crippen molar-refractivity contribution in [3.8, 4) is 0 Å². The Labute approximate surface area is 115 Å². The molecule has 0 aromatic carbocycles. The Kier molecular flexibility index (Phi) is 5.63. The van der Waals surface area contributed by atoms with Crippen LogP contribution >= 0.6 is 0 Å². The third kappa shape index (κ3) is 4.40. The molecule has 0 spiro atoms. The average molecular weight is 270 g/mol. The Morgan fingerprint density at radius 1 is 1.32 bits per heavy atom. The fourth-order valence-electron chi connectivity index (χ4n) is 2.39. The zero-order valence-corrected chi connectivity index (χ0v) is 12.2. The third-order valence-electron chi connectivity index (χ3n) is 4.28. The summed E-state index contributed by atoms with van der Waals surface area (Å²) in [7, 11) is 0. The van der Waals surface area contributed by atoms with E-state index in [1.54, 1.807) is 4.90 Å². The highest BCUT2D eigenvalue weighted by molar-refractivity contribution is 5.82. The van der Waals surface area contributed by atoms with E-state index in [1.807, 2.05) is 6.92 Å². The van der Waals surface area contributed by atoms with Crippen LogP contribution in [0.15, 0.2) is 0 Å². The second kappa shape index (κ2) is 6.78. The summed E-state index contributed by atoms with van der Waals surface area (Å²) < 4.78 is 0. The summed E-state index contributed by atoms with van der Waals surface area (Å²) in [6.45, 7) is 7.77. The molecule has 1 aliphatic heterocycles. The number of carboxylic acid groups (broad SMARTS) is 1. The van der Waals surface area contributed by atoms with Crippen LogP contribution in [0.4, 0.5) is 4.79 Å². The van der Waals surface area contributed by atoms with E-state index in [0.717, 1.165) is 25.7 Å². The highest BCUT2D eigenvalue weighted by Crippen LogP contribution is 2.33. The van der Waals surface area contributed by atoms with Gasteiger partial charge < -0.3 is 15.3 Å². The molecule has 110 valence electrons. The molecule has 5 heteroatoms. The number of carbonyl (C=O) groups is 2. The van der Waals surface area contributed by atoms with Gasteiger partial charge in [0.1, 0.15) is 6.04 Å². The van der Waals surface area contributed by atoms with Crippen molar-refractivity contribution in [1.82, 2.24) is 10.2 Å². The Balaban J connectivity index is 2.49. The number of carboxylic acids is 1. The lowest BCUT2D eigenvalue weighted by Gasteiger charge is -2.39. The monoisotopic (exact) mass is 270 g/mol. The first-order chi connectivity index (χ1) is 8.91. The number of piperidine rings is 1. The fraction of sp³-hybridized carbons (Fsp3) is 0.857. The number of amides is 2. The number of carbonyl (C=O) groups excluding carboxylic acids is 1. The molecule has 0 radical (unpaired) electrons. The molecular formula is C14H26N2O3. The second-order valence-electron chi connectivity index (χ2n) is 5.78. The van der Waals surface area contributed by atoms with E-state index in [9.17, 15) is 9.59 Å². The fourth-order valence-corrected chi connectivity index (χ4v) is 2.39. The van der Waals surface area contributed by atoms with E-state index in [4.69, 9.17) is 5.11 Å². The minimum atomic E-state index is -0.953. The van der Waals surface area contributed by atoms with Gasteiger partial charge in [0, 0.05) is 13.1 Å². The van der Waals surface area contributed by atoms with Gasteiger partial charge in [-0.05, 0) is 24.7 Å². The van der Waals surface area contributed by atoms with Gasteiger partial charge in [-0.15, -0.1) is 0 Å². The zero-order chi connectivity index (χ0) is 14.5. The van der Waals surface area contributed by atoms with Crippen LogP contribution in [0.1, 0.15) is 52.9 Å². The number of nitrogens with one attached hydrogen (secondary N) is 1. The van der Waals surface area contributed by atoms with Crippen molar-refractivity contribution in [2.45, 2.75) is 58.9 Å². The van der Waals surface area contributed by atoms with Gasteiger partial charge in [-0.1, -0.05) is 33.6 Å². The maximum Gasteiger partial charge on any atom is 0.326 e. The summed E-state index contributed by atoms with van der Waals surface area (Å²) in [5.74, 6) is -0.953. The van der Waals surface area contributed by atoms with Crippen LogP contribution in [0, 0.1) is 5.41 Å². The summed E-state index contributed by atoms with van der Waals surface area (Å²) in [5.41, 5.74) is 0.326. The molecule has 0 aromatic heterocycles. The maximum atomic E-state index is 12.0. The SMILES string of the molecule is CCCC(NC(=O)N1CCC(C)(CC)CC1)C(=O)O. The molecule has 1 heterocycles. The van der Waals surface area contributed by atoms with Crippen molar-refractivity contribution in [2.75, 3.05) is 13.1 Å². The van der Waals surface area contributed by atoms with Crippen LogP contribution in [0.25, 0.3) is 0 Å². The number of urea groups is 1. The van der Waals surface area contributed by atoms with E-state index < -0.39 is 12.0 Å². The molecule has 1 rings (SSSR count). The molecule has 0 aliphatic carbocycles. The average Bonchev–Trinajstić information content (AvgIpc) is 2.38. The molecule has 19 heavy (non-hydrogen) atoms. The summed E-state index contributed by atoms with van der Waals surface area (Å²) >= 11 is 0. The zero-order valence-electron chi connectivity index (χ0n) is 12.2. The van der Waals surface area contributed by atoms with Crippen molar-refractivity contribution >= 4 is 12.0 Å². The Morgan fingerprint density at radius 2 is 1.89 bits per heavy atom. The van der Waals surface area contributed by atoms with Crippen LogP contribution in [-0.2, 0) is 4.79 Å². The van der Waals surface area contributed by atoms with E-state index in [1.165, 1.54) is 0 Å². The van der Waals surface area contributed by atoms with Gasteiger partial charge >= 0.3 is 12.0 Å². The third-order valence-corrected chi connectivity index (χ3v) is 4.28. The van der Waals surface area contributed by atoms with Crippen molar-refractivity contribution in [2.24, 2.45) is 5.41 Å². The highest BCUT2D eigenvalue weighted by Gasteiger charge is 2.31. The van der Waals surface area contributed by atoms with Crippen molar-refractivity contribution in [3.63, 3.8) is 0 Å². The number of rotatable bonds is 5. The summed E-state index contributed by atoms with van der Waals surface area (Å²) in [6.07, 6.45) is 4.31. The van der Waals surface area contributed by atoms with Gasteiger partial charge in [0.15, 0.2) is 0 Å². The second-order valence-corrected chi connectivity index (χ2v) is 5.78. The Bertz CT molecular complexity index is 323. The molecule has 2 N–H and O–H groups in total. The number of hydrogen-bond donors (Lipinski definition) is 2. The van der Waals surface area contributed by atoms with Gasteiger partial charge in [0.25, 0.3) is 0 Å². The predicted molar refractivity (Wildman–Crippen MR) is 74.1 cm³/mol. The van der Waals surface area contributed by atoms with Crippen LogP contribution in [0.2, 0.25) is 0 Å². The smallest absolute Gasteiger partial charge is 0.326 e. The van der Waals surface area contributed by atoms with Crippen LogP contribution in [-0.4, -0.2) is 41.1 Å². The van der Waals surface area contributed by atoms with Crippen molar-refractivity contribution in [3.05, 3.63) is 0 Å². The molecule has 1 aliphatic rings. The van der Waals surface area contributed by atoms with Gasteiger partial charge in [0.05, 0.1) is 0 Å². The lowest BCUT2D eigenvalue weighted by atomic mass is 9.78. The molecule has 0 saturated carbocycles. The van der Waals surface area contributed by atoms with Crippen LogP contribution < -0.4 is 5.32 Å². The lowest BCUT2D eigenvalue weighted by Crippen LogP contribution is -2.51. The molecule has 2 amide bonds. The molecule has 0 bridgehead atoms. The number of aliphatic carboxylic acids is 1. The molecule has 1 atom stereocenters. The highest BCUT2D eigenvalue weighted by atomic mass is 16.4. The predicted octanol–water partition coefficient (Wildman–Crippen LogP) is 2.46. The van der Waals surface area contributed by atoms with Crippen molar-refractivity contribution in [1.29, 1.82) is 0 Å². The van der Waals surface area contributed by atoms with Gasteiger partial charge in [-0.2, -0.15) is 0 Å². The quantitative estimate of drug-likeness (QED) is 0.806. The van der Waals surface area contributed by atoms with Gasteiger partial charge in [0.2, 0.25) is 0 Å². The van der Waals surface area contributed by atoms with E-state index in [-0.39, 0.29) is 6.03 Å². The van der Waals surface area contributed by atoms with E-state index in [2.05, 4.69) is 19.2 Å². The van der Waals surface area contributed by atoms with Crippen LogP contribution in [0.5, 0.6) is 0 Å². The number of hydrogen-bond acceptors (Lipinski definition) is 2. The standard InChI is InChI=1S/C14H26N2O3/c1-4-6-11(12(17)18)15-13(19)16-9-7-14(3,5-2)8-10-16/h11H,4-10H2,1-3H3,(H,15,19)(H,17,18). The molecule has 1 saturated heterocycles. The minimum absolute atomic E-state index is 0.237. The maximum absolute atomic E-state index is 12.0. The first kappa shape index (κ1) is 15.8. The molecule has 5 nitrogen and oxygen atoms in total. The first-order valence-corrected chi connectivity index (χ1v) is 7.20. The Morgan fingerprint density at radius 3 is 2.32 bits per heavy atom.